The second-order valence-corrected chi connectivity index (χ2v) is 3.32. The minimum absolute atomic E-state index is 0.282. The number of hydrogen-bond donors (Lipinski definition) is 1. The fourth-order valence-electron chi connectivity index (χ4n) is 1.30. The molecule has 0 aliphatic rings. The molecular formula is C11H11N3O3. The lowest BCUT2D eigenvalue weighted by molar-refractivity contribution is 0.286. The van der Waals surface area contributed by atoms with Gasteiger partial charge in [-0.25, -0.2) is 9.48 Å². The standard InChI is InChI=1S/C11H11N3O3/c15-10-8-12-14(11(16)13-10)6-7-17-9-4-2-1-3-5-9/h1-5,8H,6-7H2,(H,13,15,16). The summed E-state index contributed by atoms with van der Waals surface area (Å²) in [5.74, 6) is 0.727. The van der Waals surface area contributed by atoms with Crippen LogP contribution in [0.5, 0.6) is 5.75 Å². The Morgan fingerprint density at radius 1 is 1.24 bits per heavy atom. The highest BCUT2D eigenvalue weighted by Gasteiger charge is 1.98. The molecule has 1 aromatic heterocycles. The van der Waals surface area contributed by atoms with Gasteiger partial charge in [-0.05, 0) is 12.1 Å². The van der Waals surface area contributed by atoms with E-state index in [1.165, 1.54) is 0 Å². The van der Waals surface area contributed by atoms with Crippen molar-refractivity contribution in [3.8, 4) is 5.75 Å². The zero-order chi connectivity index (χ0) is 12.1. The van der Waals surface area contributed by atoms with Crippen LogP contribution in [0.4, 0.5) is 0 Å². The quantitative estimate of drug-likeness (QED) is 0.807. The number of para-hydroxylation sites is 1. The van der Waals surface area contributed by atoms with Crippen LogP contribution >= 0.6 is 0 Å². The zero-order valence-electron chi connectivity index (χ0n) is 9.00. The topological polar surface area (TPSA) is 77.0 Å². The second kappa shape index (κ2) is 5.11. The molecule has 2 rings (SSSR count). The molecule has 0 aliphatic carbocycles. The normalized spacial score (nSPS) is 10.1. The van der Waals surface area contributed by atoms with Gasteiger partial charge >= 0.3 is 5.69 Å². The van der Waals surface area contributed by atoms with Crippen LogP contribution in [0.25, 0.3) is 0 Å². The third-order valence-electron chi connectivity index (χ3n) is 2.09. The van der Waals surface area contributed by atoms with E-state index in [-0.39, 0.29) is 6.54 Å². The summed E-state index contributed by atoms with van der Waals surface area (Å²) in [6.07, 6.45) is 1.06. The predicted octanol–water partition coefficient (Wildman–Crippen LogP) is 0.0106. The first-order valence-electron chi connectivity index (χ1n) is 5.10. The summed E-state index contributed by atoms with van der Waals surface area (Å²) in [4.78, 5) is 24.2. The Kier molecular flexibility index (Phi) is 3.34. The van der Waals surface area contributed by atoms with Gasteiger partial charge in [-0.3, -0.25) is 9.78 Å². The molecule has 0 radical (unpaired) electrons. The molecule has 0 fully saturated rings. The van der Waals surface area contributed by atoms with E-state index in [0.717, 1.165) is 16.6 Å². The SMILES string of the molecule is O=c1cnn(CCOc2ccccc2)c(=O)[nH]1. The molecule has 6 nitrogen and oxygen atoms in total. The summed E-state index contributed by atoms with van der Waals surface area (Å²) in [7, 11) is 0. The van der Waals surface area contributed by atoms with Gasteiger partial charge < -0.3 is 4.74 Å². The van der Waals surface area contributed by atoms with Crippen molar-refractivity contribution in [3.63, 3.8) is 0 Å². The summed E-state index contributed by atoms with van der Waals surface area (Å²) < 4.78 is 6.55. The van der Waals surface area contributed by atoms with Gasteiger partial charge in [-0.1, -0.05) is 18.2 Å². The summed E-state index contributed by atoms with van der Waals surface area (Å²) in [5.41, 5.74) is -1.04. The van der Waals surface area contributed by atoms with Gasteiger partial charge in [-0.15, -0.1) is 0 Å². The van der Waals surface area contributed by atoms with Crippen molar-refractivity contribution in [3.05, 3.63) is 57.4 Å². The van der Waals surface area contributed by atoms with Gasteiger partial charge in [0.25, 0.3) is 5.56 Å². The van der Waals surface area contributed by atoms with E-state index in [0.29, 0.717) is 6.61 Å². The van der Waals surface area contributed by atoms with Crippen molar-refractivity contribution in [2.75, 3.05) is 6.61 Å². The lowest BCUT2D eigenvalue weighted by Gasteiger charge is -2.06. The maximum atomic E-state index is 11.3. The van der Waals surface area contributed by atoms with Crippen LogP contribution < -0.4 is 16.0 Å². The number of benzene rings is 1. The zero-order valence-corrected chi connectivity index (χ0v) is 9.00. The molecule has 0 amide bonds. The average molecular weight is 233 g/mol. The highest BCUT2D eigenvalue weighted by atomic mass is 16.5. The van der Waals surface area contributed by atoms with Gasteiger partial charge in [0.05, 0.1) is 6.54 Å². The van der Waals surface area contributed by atoms with E-state index in [9.17, 15) is 9.59 Å². The molecule has 88 valence electrons. The van der Waals surface area contributed by atoms with E-state index >= 15 is 0 Å². The minimum atomic E-state index is -0.533. The van der Waals surface area contributed by atoms with E-state index in [4.69, 9.17) is 4.74 Å². The minimum Gasteiger partial charge on any atom is -0.492 e. The van der Waals surface area contributed by atoms with Gasteiger partial charge in [0.2, 0.25) is 0 Å². The highest BCUT2D eigenvalue weighted by Crippen LogP contribution is 2.07. The van der Waals surface area contributed by atoms with Crippen molar-refractivity contribution < 1.29 is 4.74 Å². The Balaban J connectivity index is 1.95. The number of rotatable bonds is 4. The lowest BCUT2D eigenvalue weighted by atomic mass is 10.3. The van der Waals surface area contributed by atoms with E-state index in [1.807, 2.05) is 30.3 Å². The summed E-state index contributed by atoms with van der Waals surface area (Å²) in [5, 5.41) is 3.69. The second-order valence-electron chi connectivity index (χ2n) is 3.32. The molecule has 0 spiro atoms. The first-order chi connectivity index (χ1) is 8.25. The summed E-state index contributed by atoms with van der Waals surface area (Å²) >= 11 is 0. The molecule has 0 bridgehead atoms. The molecule has 17 heavy (non-hydrogen) atoms. The fraction of sp³-hybridized carbons (Fsp3) is 0.182. The number of ether oxygens (including phenoxy) is 1. The molecular weight excluding hydrogens is 222 g/mol. The molecule has 2 aromatic rings. The number of aromatic nitrogens is 3. The number of nitrogens with zero attached hydrogens (tertiary/aromatic N) is 2. The van der Waals surface area contributed by atoms with Gasteiger partial charge in [0.15, 0.2) is 0 Å². The maximum Gasteiger partial charge on any atom is 0.344 e. The molecule has 1 aromatic carbocycles. The Morgan fingerprint density at radius 2 is 2.00 bits per heavy atom. The van der Waals surface area contributed by atoms with E-state index < -0.39 is 11.2 Å². The molecule has 0 saturated carbocycles. The number of hydrogen-bond acceptors (Lipinski definition) is 4. The maximum absolute atomic E-state index is 11.3. The van der Waals surface area contributed by atoms with Gasteiger partial charge in [0, 0.05) is 0 Å². The average Bonchev–Trinajstić information content (AvgIpc) is 2.33. The Bertz CT molecular complexity index is 589. The van der Waals surface area contributed by atoms with Crippen molar-refractivity contribution in [2.24, 2.45) is 0 Å². The van der Waals surface area contributed by atoms with Crippen LogP contribution in [-0.2, 0) is 6.54 Å². The van der Waals surface area contributed by atoms with Gasteiger partial charge in [-0.2, -0.15) is 5.10 Å². The first kappa shape index (κ1) is 11.1. The monoisotopic (exact) mass is 233 g/mol. The molecule has 0 atom stereocenters. The Labute approximate surface area is 96.5 Å². The van der Waals surface area contributed by atoms with Crippen LogP contribution in [-0.4, -0.2) is 21.4 Å². The van der Waals surface area contributed by atoms with Crippen LogP contribution in [0.1, 0.15) is 0 Å². The third kappa shape index (κ3) is 3.04. The number of nitrogens with one attached hydrogen (secondary N) is 1. The van der Waals surface area contributed by atoms with Crippen LogP contribution in [0, 0.1) is 0 Å². The molecule has 1 N–H and O–H groups in total. The fourth-order valence-corrected chi connectivity index (χ4v) is 1.30. The van der Waals surface area contributed by atoms with Crippen molar-refractivity contribution in [2.45, 2.75) is 6.54 Å². The Hall–Kier alpha value is -2.37. The molecule has 0 saturated heterocycles. The summed E-state index contributed by atoms with van der Waals surface area (Å²) in [6.45, 7) is 0.591. The summed E-state index contributed by atoms with van der Waals surface area (Å²) in [6, 6.07) is 9.26. The third-order valence-corrected chi connectivity index (χ3v) is 2.09. The van der Waals surface area contributed by atoms with Gasteiger partial charge in [0.1, 0.15) is 18.6 Å². The lowest BCUT2D eigenvalue weighted by Crippen LogP contribution is -2.32. The number of aromatic amines is 1. The van der Waals surface area contributed by atoms with Crippen molar-refractivity contribution >= 4 is 0 Å². The van der Waals surface area contributed by atoms with E-state index in [1.54, 1.807) is 0 Å². The molecule has 1 heterocycles. The Morgan fingerprint density at radius 3 is 2.71 bits per heavy atom. The first-order valence-corrected chi connectivity index (χ1v) is 5.10. The highest BCUT2D eigenvalue weighted by molar-refractivity contribution is 5.20. The molecule has 0 unspecified atom stereocenters. The largest absolute Gasteiger partial charge is 0.492 e. The number of H-pyrrole nitrogens is 1. The van der Waals surface area contributed by atoms with Crippen molar-refractivity contribution in [1.82, 2.24) is 14.8 Å². The van der Waals surface area contributed by atoms with Crippen LogP contribution in [0.3, 0.4) is 0 Å². The van der Waals surface area contributed by atoms with E-state index in [2.05, 4.69) is 10.1 Å². The molecule has 0 aliphatic heterocycles. The predicted molar refractivity (Wildman–Crippen MR) is 61.1 cm³/mol. The smallest absolute Gasteiger partial charge is 0.344 e. The van der Waals surface area contributed by atoms with Crippen molar-refractivity contribution in [1.29, 1.82) is 0 Å². The van der Waals surface area contributed by atoms with Crippen LogP contribution in [0.2, 0.25) is 0 Å². The molecule has 6 heteroatoms. The van der Waals surface area contributed by atoms with Crippen LogP contribution in [0.15, 0.2) is 46.1 Å².